The molecule has 2 aliphatic rings. The smallest absolute Gasteiger partial charge is 0.0775 e. The van der Waals surface area contributed by atoms with Crippen LogP contribution in [0.3, 0.4) is 0 Å². The monoisotopic (exact) mass is 283 g/mol. The average molecular weight is 283 g/mol. The molecule has 4 nitrogen and oxygen atoms in total. The van der Waals surface area contributed by atoms with Crippen LogP contribution >= 0.6 is 0 Å². The van der Waals surface area contributed by atoms with Crippen molar-refractivity contribution in [1.29, 1.82) is 0 Å². The first kappa shape index (κ1) is 13.0. The van der Waals surface area contributed by atoms with Gasteiger partial charge in [-0.25, -0.2) is 0 Å². The Morgan fingerprint density at radius 1 is 1.33 bits per heavy atom. The summed E-state index contributed by atoms with van der Waals surface area (Å²) in [6.07, 6.45) is 5.05. The lowest BCUT2D eigenvalue weighted by Gasteiger charge is -2.18. The Balaban J connectivity index is 1.52. The Hall–Kier alpha value is -1.65. The summed E-state index contributed by atoms with van der Waals surface area (Å²) in [6, 6.07) is 8.35. The van der Waals surface area contributed by atoms with Gasteiger partial charge in [0.25, 0.3) is 0 Å². The topological polar surface area (TPSA) is 50.1 Å². The number of rotatable bonds is 4. The van der Waals surface area contributed by atoms with Crippen molar-refractivity contribution in [2.75, 3.05) is 0 Å². The molecule has 0 spiro atoms. The van der Waals surface area contributed by atoms with E-state index in [0.717, 1.165) is 13.0 Å². The van der Waals surface area contributed by atoms with Gasteiger partial charge in [-0.15, -0.1) is 0 Å². The molecule has 0 radical (unpaired) electrons. The number of aromatic nitrogens is 2. The summed E-state index contributed by atoms with van der Waals surface area (Å²) < 4.78 is 1.91. The van der Waals surface area contributed by atoms with Crippen LogP contribution in [0.1, 0.15) is 47.2 Å². The second-order valence-corrected chi connectivity index (χ2v) is 6.32. The zero-order chi connectivity index (χ0) is 14.4. The molecular formula is C17H21N3O. The van der Waals surface area contributed by atoms with E-state index < -0.39 is 0 Å². The maximum Gasteiger partial charge on any atom is 0.0775 e. The molecule has 2 N–H and O–H groups in total. The molecule has 1 fully saturated rings. The standard InChI is InChI=1S/C17H21N3O/c1-20-10-13(16(19-20)11-6-7-11)9-18-17-14-5-3-2-4-12(14)8-15(17)21/h2-5,10-11,15,17-18,21H,6-9H2,1H3/t15-,17-/m0/s1. The van der Waals surface area contributed by atoms with Crippen LogP contribution < -0.4 is 5.32 Å². The van der Waals surface area contributed by atoms with Gasteiger partial charge in [-0.05, 0) is 24.0 Å². The minimum atomic E-state index is -0.330. The van der Waals surface area contributed by atoms with E-state index in [0.29, 0.717) is 5.92 Å². The molecule has 2 aromatic rings. The predicted molar refractivity (Wildman–Crippen MR) is 80.9 cm³/mol. The van der Waals surface area contributed by atoms with Gasteiger partial charge in [0.1, 0.15) is 0 Å². The average Bonchev–Trinajstić information content (AvgIpc) is 3.17. The zero-order valence-corrected chi connectivity index (χ0v) is 12.3. The molecule has 1 saturated carbocycles. The van der Waals surface area contributed by atoms with Gasteiger partial charge in [-0.2, -0.15) is 5.10 Å². The molecule has 1 aromatic heterocycles. The Bertz CT molecular complexity index is 660. The highest BCUT2D eigenvalue weighted by Gasteiger charge is 2.32. The van der Waals surface area contributed by atoms with Gasteiger partial charge in [0.15, 0.2) is 0 Å². The minimum Gasteiger partial charge on any atom is -0.391 e. The number of nitrogens with zero attached hydrogens (tertiary/aromatic N) is 2. The van der Waals surface area contributed by atoms with Crippen molar-refractivity contribution < 1.29 is 5.11 Å². The number of fused-ring (bicyclic) bond motifs is 1. The van der Waals surface area contributed by atoms with Crippen LogP contribution in [0.15, 0.2) is 30.5 Å². The van der Waals surface area contributed by atoms with E-state index in [9.17, 15) is 5.11 Å². The molecule has 4 rings (SSSR count). The van der Waals surface area contributed by atoms with Crippen LogP contribution in [0.4, 0.5) is 0 Å². The number of hydrogen-bond acceptors (Lipinski definition) is 3. The summed E-state index contributed by atoms with van der Waals surface area (Å²) in [7, 11) is 1.98. The number of nitrogens with one attached hydrogen (secondary N) is 1. The number of aliphatic hydroxyl groups is 1. The number of hydrogen-bond donors (Lipinski definition) is 2. The largest absolute Gasteiger partial charge is 0.391 e. The third-order valence-electron chi connectivity index (χ3n) is 4.62. The third-order valence-corrected chi connectivity index (χ3v) is 4.62. The van der Waals surface area contributed by atoms with Crippen molar-refractivity contribution in [3.8, 4) is 0 Å². The van der Waals surface area contributed by atoms with Gasteiger partial charge in [0.05, 0.1) is 17.8 Å². The summed E-state index contributed by atoms with van der Waals surface area (Å²) in [6.45, 7) is 0.774. The molecule has 0 aliphatic heterocycles. The summed E-state index contributed by atoms with van der Waals surface area (Å²) in [5.74, 6) is 0.656. The maximum absolute atomic E-state index is 10.3. The van der Waals surface area contributed by atoms with Gasteiger partial charge in [0.2, 0.25) is 0 Å². The molecule has 2 aliphatic carbocycles. The lowest BCUT2D eigenvalue weighted by molar-refractivity contribution is 0.140. The lowest BCUT2D eigenvalue weighted by Crippen LogP contribution is -2.28. The molecule has 1 heterocycles. The molecular weight excluding hydrogens is 262 g/mol. The molecule has 21 heavy (non-hydrogen) atoms. The summed E-state index contributed by atoms with van der Waals surface area (Å²) >= 11 is 0. The lowest BCUT2D eigenvalue weighted by atomic mass is 10.1. The van der Waals surface area contributed by atoms with E-state index in [-0.39, 0.29) is 12.1 Å². The number of benzene rings is 1. The quantitative estimate of drug-likeness (QED) is 0.903. The van der Waals surface area contributed by atoms with E-state index in [4.69, 9.17) is 0 Å². The highest BCUT2D eigenvalue weighted by Crippen LogP contribution is 2.41. The van der Waals surface area contributed by atoms with Crippen molar-refractivity contribution in [3.05, 3.63) is 52.8 Å². The first-order valence-electron chi connectivity index (χ1n) is 7.74. The van der Waals surface area contributed by atoms with Gasteiger partial charge >= 0.3 is 0 Å². The van der Waals surface area contributed by atoms with Crippen molar-refractivity contribution in [1.82, 2.24) is 15.1 Å². The van der Waals surface area contributed by atoms with Crippen molar-refractivity contribution >= 4 is 0 Å². The SMILES string of the molecule is Cn1cc(CN[C@H]2c3ccccc3C[C@@H]2O)c(C2CC2)n1. The van der Waals surface area contributed by atoms with Gasteiger partial charge in [0, 0.05) is 37.7 Å². The molecule has 1 aromatic carbocycles. The van der Waals surface area contributed by atoms with Crippen LogP contribution in [0.2, 0.25) is 0 Å². The summed E-state index contributed by atoms with van der Waals surface area (Å²) in [4.78, 5) is 0. The van der Waals surface area contributed by atoms with Crippen LogP contribution in [-0.2, 0) is 20.0 Å². The van der Waals surface area contributed by atoms with E-state index in [2.05, 4.69) is 28.7 Å². The van der Waals surface area contributed by atoms with Crippen LogP contribution in [-0.4, -0.2) is 21.0 Å². The molecule has 0 bridgehead atoms. The van der Waals surface area contributed by atoms with Crippen LogP contribution in [0.25, 0.3) is 0 Å². The Labute approximate surface area is 124 Å². The minimum absolute atomic E-state index is 0.0356. The highest BCUT2D eigenvalue weighted by atomic mass is 16.3. The van der Waals surface area contributed by atoms with E-state index in [1.807, 2.05) is 23.9 Å². The van der Waals surface area contributed by atoms with Gasteiger partial charge in [-0.3, -0.25) is 4.68 Å². The van der Waals surface area contributed by atoms with Crippen molar-refractivity contribution in [2.24, 2.45) is 7.05 Å². The molecule has 4 heteroatoms. The fraction of sp³-hybridized carbons (Fsp3) is 0.471. The van der Waals surface area contributed by atoms with E-state index >= 15 is 0 Å². The van der Waals surface area contributed by atoms with E-state index in [1.54, 1.807) is 0 Å². The fourth-order valence-electron chi connectivity index (χ4n) is 3.43. The number of aliphatic hydroxyl groups excluding tert-OH is 1. The second kappa shape index (κ2) is 4.97. The first-order chi connectivity index (χ1) is 10.2. The number of aryl methyl sites for hydroxylation is 1. The van der Waals surface area contributed by atoms with E-state index in [1.165, 1.54) is 35.2 Å². The Morgan fingerprint density at radius 3 is 2.95 bits per heavy atom. The molecule has 0 unspecified atom stereocenters. The van der Waals surface area contributed by atoms with Crippen molar-refractivity contribution in [2.45, 2.75) is 43.9 Å². The fourth-order valence-corrected chi connectivity index (χ4v) is 3.43. The molecule has 110 valence electrons. The molecule has 2 atom stereocenters. The second-order valence-electron chi connectivity index (χ2n) is 6.32. The summed E-state index contributed by atoms with van der Waals surface area (Å²) in [5, 5.41) is 18.4. The highest BCUT2D eigenvalue weighted by molar-refractivity contribution is 5.36. The molecule has 0 saturated heterocycles. The third kappa shape index (κ3) is 2.39. The van der Waals surface area contributed by atoms with Gasteiger partial charge in [-0.1, -0.05) is 24.3 Å². The Kier molecular flexibility index (Phi) is 3.08. The zero-order valence-electron chi connectivity index (χ0n) is 12.3. The van der Waals surface area contributed by atoms with Gasteiger partial charge < -0.3 is 10.4 Å². The predicted octanol–water partition coefficient (Wildman–Crippen LogP) is 2.05. The van der Waals surface area contributed by atoms with Crippen LogP contribution in [0, 0.1) is 0 Å². The molecule has 0 amide bonds. The normalized spacial score (nSPS) is 24.3. The maximum atomic E-state index is 10.3. The van der Waals surface area contributed by atoms with Crippen LogP contribution in [0.5, 0.6) is 0 Å². The Morgan fingerprint density at radius 2 is 2.14 bits per heavy atom. The summed E-state index contributed by atoms with van der Waals surface area (Å²) in [5.41, 5.74) is 5.01. The first-order valence-corrected chi connectivity index (χ1v) is 7.74. The van der Waals surface area contributed by atoms with Crippen molar-refractivity contribution in [3.63, 3.8) is 0 Å².